The fourth-order valence-corrected chi connectivity index (χ4v) is 3.04. The molecule has 2 atom stereocenters. The van der Waals surface area contributed by atoms with E-state index in [1.807, 2.05) is 54.6 Å². The molecule has 116 valence electrons. The van der Waals surface area contributed by atoms with Gasteiger partial charge < -0.3 is 5.11 Å². The van der Waals surface area contributed by atoms with E-state index in [2.05, 4.69) is 24.3 Å². The molecular formula is C20H20FeO-2. The van der Waals surface area contributed by atoms with E-state index in [0.29, 0.717) is 0 Å². The molecule has 0 amide bonds. The van der Waals surface area contributed by atoms with Crippen molar-refractivity contribution < 1.29 is 22.2 Å². The molecule has 1 N–H and O–H groups in total. The molecule has 0 saturated heterocycles. The maximum Gasteiger partial charge on any atom is 0.0422 e. The number of hydrogen-bond donors (Lipinski definition) is 1. The van der Waals surface area contributed by atoms with Crippen LogP contribution in [-0.2, 0) is 23.5 Å². The average Bonchev–Trinajstić information content (AvgIpc) is 3.23. The third-order valence-corrected chi connectivity index (χ3v) is 4.15. The summed E-state index contributed by atoms with van der Waals surface area (Å²) in [4.78, 5) is 0. The van der Waals surface area contributed by atoms with E-state index < -0.39 is 0 Å². The Bertz CT molecular complexity index is 622. The minimum Gasteiger partial charge on any atom is -0.400 e. The summed E-state index contributed by atoms with van der Waals surface area (Å²) in [7, 11) is 0. The fourth-order valence-electron chi connectivity index (χ4n) is 3.04. The van der Waals surface area contributed by atoms with Gasteiger partial charge in [0.25, 0.3) is 0 Å². The number of aryl methyl sites for hydroxylation is 1. The van der Waals surface area contributed by atoms with Crippen molar-refractivity contribution in [2.75, 3.05) is 0 Å². The third-order valence-electron chi connectivity index (χ3n) is 4.15. The molecule has 0 heterocycles. The zero-order valence-corrected chi connectivity index (χ0v) is 13.5. The molecule has 0 bridgehead atoms. The van der Waals surface area contributed by atoms with Crippen molar-refractivity contribution in [1.82, 2.24) is 0 Å². The Balaban J connectivity index is 0.000000253. The molecule has 1 aliphatic carbocycles. The van der Waals surface area contributed by atoms with Crippen LogP contribution < -0.4 is 0 Å². The number of aliphatic hydroxyl groups is 1. The molecule has 0 aliphatic heterocycles. The van der Waals surface area contributed by atoms with E-state index in [4.69, 9.17) is 0 Å². The molecule has 4 rings (SSSR count). The molecule has 2 heteroatoms. The second kappa shape index (κ2) is 8.14. The van der Waals surface area contributed by atoms with Crippen molar-refractivity contribution in [3.8, 4) is 0 Å². The minimum atomic E-state index is -0.332. The van der Waals surface area contributed by atoms with Crippen LogP contribution in [0.2, 0.25) is 0 Å². The summed E-state index contributed by atoms with van der Waals surface area (Å²) >= 11 is 0. The Morgan fingerprint density at radius 1 is 0.955 bits per heavy atom. The van der Waals surface area contributed by atoms with Crippen molar-refractivity contribution in [1.29, 1.82) is 0 Å². The number of rotatable bonds is 1. The predicted molar refractivity (Wildman–Crippen MR) is 86.5 cm³/mol. The summed E-state index contributed by atoms with van der Waals surface area (Å²) < 4.78 is 0. The van der Waals surface area contributed by atoms with Crippen LogP contribution in [-0.4, -0.2) is 5.11 Å². The summed E-state index contributed by atoms with van der Waals surface area (Å²) in [6, 6.07) is 26.6. The standard InChI is InChI=1S/C15H15O.C5H5.Fe/c16-15-13-8-4-7-12(13)9-10-14(15)11-5-2-1-3-6-11;1-2-4-5-3-1;/h1-8,14-16H,9-10H2;1-5H;/q2*-1;. The van der Waals surface area contributed by atoms with Crippen LogP contribution in [0.5, 0.6) is 0 Å². The smallest absolute Gasteiger partial charge is 0.0422 e. The van der Waals surface area contributed by atoms with Crippen LogP contribution in [0.15, 0.2) is 78.9 Å². The van der Waals surface area contributed by atoms with Crippen molar-refractivity contribution in [2.24, 2.45) is 0 Å². The average molecular weight is 332 g/mol. The van der Waals surface area contributed by atoms with Gasteiger partial charge in [0.2, 0.25) is 0 Å². The predicted octanol–water partition coefficient (Wildman–Crippen LogP) is 4.57. The van der Waals surface area contributed by atoms with Crippen LogP contribution in [0.3, 0.4) is 0 Å². The summed E-state index contributed by atoms with van der Waals surface area (Å²) in [6.07, 6.45) is 1.79. The van der Waals surface area contributed by atoms with Gasteiger partial charge in [-0.1, -0.05) is 36.8 Å². The van der Waals surface area contributed by atoms with Crippen molar-refractivity contribution >= 4 is 0 Å². The van der Waals surface area contributed by atoms with Crippen LogP contribution in [0.25, 0.3) is 0 Å². The summed E-state index contributed by atoms with van der Waals surface area (Å²) in [5.74, 6) is 0.260. The first-order valence-corrected chi connectivity index (χ1v) is 7.50. The first-order chi connectivity index (χ1) is 10.4. The van der Waals surface area contributed by atoms with E-state index in [9.17, 15) is 5.11 Å². The summed E-state index contributed by atoms with van der Waals surface area (Å²) in [5.41, 5.74) is 3.70. The maximum atomic E-state index is 10.4. The largest absolute Gasteiger partial charge is 0.400 e. The van der Waals surface area contributed by atoms with E-state index in [0.717, 1.165) is 18.4 Å². The van der Waals surface area contributed by atoms with Gasteiger partial charge in [-0.3, -0.25) is 0 Å². The van der Waals surface area contributed by atoms with Crippen LogP contribution in [0, 0.1) is 0 Å². The molecule has 0 spiro atoms. The number of benzene rings is 1. The SMILES string of the molecule is OC1[c-]2cccc2CCC1c1ccccc1.[Fe].c1cc[cH-]c1. The van der Waals surface area contributed by atoms with E-state index in [1.54, 1.807) is 0 Å². The van der Waals surface area contributed by atoms with E-state index in [-0.39, 0.29) is 29.1 Å². The molecule has 1 aliphatic rings. The molecule has 0 saturated carbocycles. The van der Waals surface area contributed by atoms with Crippen molar-refractivity contribution in [2.45, 2.75) is 24.9 Å². The number of fused-ring (bicyclic) bond motifs is 1. The zero-order chi connectivity index (χ0) is 14.5. The van der Waals surface area contributed by atoms with Crippen LogP contribution >= 0.6 is 0 Å². The minimum absolute atomic E-state index is 0. The second-order valence-corrected chi connectivity index (χ2v) is 5.47. The Morgan fingerprint density at radius 3 is 2.32 bits per heavy atom. The van der Waals surface area contributed by atoms with E-state index >= 15 is 0 Å². The van der Waals surface area contributed by atoms with Gasteiger partial charge >= 0.3 is 0 Å². The summed E-state index contributed by atoms with van der Waals surface area (Å²) in [5, 5.41) is 10.4. The fraction of sp³-hybridized carbons (Fsp3) is 0.200. The van der Waals surface area contributed by atoms with Gasteiger partial charge in [-0.25, -0.2) is 24.3 Å². The van der Waals surface area contributed by atoms with Crippen LogP contribution in [0.4, 0.5) is 0 Å². The second-order valence-electron chi connectivity index (χ2n) is 5.47. The van der Waals surface area contributed by atoms with Crippen LogP contribution in [0.1, 0.15) is 35.1 Å². The van der Waals surface area contributed by atoms with E-state index in [1.165, 1.54) is 11.1 Å². The van der Waals surface area contributed by atoms with Gasteiger partial charge in [-0.2, -0.15) is 29.8 Å². The van der Waals surface area contributed by atoms with Gasteiger partial charge in [0, 0.05) is 29.1 Å². The Labute approximate surface area is 142 Å². The molecule has 2 unspecified atom stereocenters. The Morgan fingerprint density at radius 2 is 1.68 bits per heavy atom. The quantitative estimate of drug-likeness (QED) is 0.511. The first kappa shape index (κ1) is 16.8. The van der Waals surface area contributed by atoms with Gasteiger partial charge in [0.15, 0.2) is 0 Å². The molecule has 22 heavy (non-hydrogen) atoms. The number of aliphatic hydroxyl groups excluding tert-OH is 1. The molecule has 0 radical (unpaired) electrons. The number of hydrogen-bond acceptors (Lipinski definition) is 1. The topological polar surface area (TPSA) is 20.2 Å². The molecular weight excluding hydrogens is 312 g/mol. The summed E-state index contributed by atoms with van der Waals surface area (Å²) in [6.45, 7) is 0. The Kier molecular flexibility index (Phi) is 6.21. The Hall–Kier alpha value is -1.60. The van der Waals surface area contributed by atoms with Crippen molar-refractivity contribution in [3.05, 3.63) is 95.6 Å². The molecule has 3 aromatic rings. The first-order valence-electron chi connectivity index (χ1n) is 7.50. The molecule has 0 aromatic heterocycles. The normalized spacial score (nSPS) is 19.3. The van der Waals surface area contributed by atoms with Gasteiger partial charge in [-0.15, -0.1) is 5.56 Å². The zero-order valence-electron chi connectivity index (χ0n) is 12.4. The maximum absolute atomic E-state index is 10.4. The monoisotopic (exact) mass is 332 g/mol. The van der Waals surface area contributed by atoms with Gasteiger partial charge in [-0.05, 0) is 12.0 Å². The molecule has 1 nitrogen and oxygen atoms in total. The van der Waals surface area contributed by atoms with Crippen molar-refractivity contribution in [3.63, 3.8) is 0 Å². The third kappa shape index (κ3) is 3.78. The molecule has 3 aromatic carbocycles. The molecule has 0 fully saturated rings. The van der Waals surface area contributed by atoms with Gasteiger partial charge in [0.05, 0.1) is 0 Å². The van der Waals surface area contributed by atoms with Gasteiger partial charge in [0.1, 0.15) is 0 Å².